The maximum absolute atomic E-state index is 14.3. The van der Waals surface area contributed by atoms with E-state index in [1.807, 2.05) is 10.6 Å². The largest absolute Gasteiger partial charge is 0.492 e. The van der Waals surface area contributed by atoms with Crippen molar-refractivity contribution < 1.29 is 19.0 Å². The number of allylic oxidation sites excluding steroid dienone is 1. The van der Waals surface area contributed by atoms with Crippen LogP contribution in [-0.2, 0) is 17.8 Å². The fourth-order valence-electron chi connectivity index (χ4n) is 3.26. The molecule has 1 N–H and O–H groups in total. The summed E-state index contributed by atoms with van der Waals surface area (Å²) < 4.78 is 21.6. The Kier molecular flexibility index (Phi) is 3.72. The van der Waals surface area contributed by atoms with E-state index in [-0.39, 0.29) is 11.1 Å². The first-order chi connectivity index (χ1) is 11.6. The molecule has 0 radical (unpaired) electrons. The maximum atomic E-state index is 14.3. The summed E-state index contributed by atoms with van der Waals surface area (Å²) in [5.41, 5.74) is 0.643. The van der Waals surface area contributed by atoms with Crippen LogP contribution in [0.4, 0.5) is 4.39 Å². The zero-order valence-electron chi connectivity index (χ0n) is 13.2. The maximum Gasteiger partial charge on any atom is 0.335 e. The SMILES string of the molecule is O=C(O)c1cc(F)c2nc(CN3CCCC3)n(CC3=CCO3)c2c1. The van der Waals surface area contributed by atoms with Gasteiger partial charge in [0.1, 0.15) is 23.7 Å². The van der Waals surface area contributed by atoms with Crippen LogP contribution in [0, 0.1) is 5.82 Å². The molecule has 2 aliphatic heterocycles. The zero-order chi connectivity index (χ0) is 16.7. The van der Waals surface area contributed by atoms with Crippen molar-refractivity contribution in [3.63, 3.8) is 0 Å². The van der Waals surface area contributed by atoms with Crippen molar-refractivity contribution in [1.82, 2.24) is 14.5 Å². The molecule has 0 spiro atoms. The second kappa shape index (κ2) is 5.90. The third-order valence-corrected chi connectivity index (χ3v) is 4.59. The Morgan fingerprint density at radius 1 is 1.29 bits per heavy atom. The predicted octanol–water partition coefficient (Wildman–Crippen LogP) is 2.38. The van der Waals surface area contributed by atoms with Gasteiger partial charge in [-0.1, -0.05) is 0 Å². The minimum Gasteiger partial charge on any atom is -0.492 e. The van der Waals surface area contributed by atoms with Gasteiger partial charge in [0.25, 0.3) is 0 Å². The van der Waals surface area contributed by atoms with Crippen molar-refractivity contribution >= 4 is 17.0 Å². The van der Waals surface area contributed by atoms with Crippen molar-refractivity contribution in [2.75, 3.05) is 19.7 Å². The summed E-state index contributed by atoms with van der Waals surface area (Å²) in [6.07, 6.45) is 4.28. The molecule has 0 amide bonds. The summed E-state index contributed by atoms with van der Waals surface area (Å²) in [6.45, 7) is 3.67. The molecule has 1 aromatic heterocycles. The van der Waals surface area contributed by atoms with Crippen LogP contribution >= 0.6 is 0 Å². The monoisotopic (exact) mass is 331 g/mol. The summed E-state index contributed by atoms with van der Waals surface area (Å²) >= 11 is 0. The van der Waals surface area contributed by atoms with E-state index in [4.69, 9.17) is 4.74 Å². The second-order valence-electron chi connectivity index (χ2n) is 6.21. The van der Waals surface area contributed by atoms with E-state index in [1.165, 1.54) is 6.07 Å². The minimum absolute atomic E-state index is 0.0719. The molecule has 3 heterocycles. The number of hydrogen-bond donors (Lipinski definition) is 1. The van der Waals surface area contributed by atoms with Crippen LogP contribution < -0.4 is 0 Å². The number of imidazole rings is 1. The molecule has 1 fully saturated rings. The van der Waals surface area contributed by atoms with Crippen LogP contribution in [0.3, 0.4) is 0 Å². The molecule has 2 aliphatic rings. The average Bonchev–Trinajstić information content (AvgIpc) is 3.11. The lowest BCUT2D eigenvalue weighted by atomic mass is 10.2. The highest BCUT2D eigenvalue weighted by atomic mass is 19.1. The summed E-state index contributed by atoms with van der Waals surface area (Å²) in [5, 5.41) is 9.19. The van der Waals surface area contributed by atoms with Crippen LogP contribution in [0.1, 0.15) is 29.0 Å². The Labute approximate surface area is 138 Å². The van der Waals surface area contributed by atoms with Crippen molar-refractivity contribution in [3.8, 4) is 0 Å². The van der Waals surface area contributed by atoms with Crippen LogP contribution in [0.15, 0.2) is 24.0 Å². The lowest BCUT2D eigenvalue weighted by Gasteiger charge is -2.20. The molecule has 0 aliphatic carbocycles. The molecule has 1 aromatic carbocycles. The summed E-state index contributed by atoms with van der Waals surface area (Å²) in [6, 6.07) is 2.52. The average molecular weight is 331 g/mol. The van der Waals surface area contributed by atoms with Crippen LogP contribution in [-0.4, -0.2) is 45.2 Å². The number of carboxylic acids is 1. The molecule has 0 saturated carbocycles. The zero-order valence-corrected chi connectivity index (χ0v) is 13.2. The van der Waals surface area contributed by atoms with E-state index < -0.39 is 11.8 Å². The van der Waals surface area contributed by atoms with Gasteiger partial charge in [-0.2, -0.15) is 0 Å². The van der Waals surface area contributed by atoms with E-state index in [0.717, 1.165) is 43.6 Å². The topological polar surface area (TPSA) is 67.6 Å². The Hall–Kier alpha value is -2.41. The van der Waals surface area contributed by atoms with Gasteiger partial charge in [0.15, 0.2) is 5.82 Å². The molecule has 7 heteroatoms. The van der Waals surface area contributed by atoms with E-state index in [2.05, 4.69) is 9.88 Å². The van der Waals surface area contributed by atoms with E-state index in [9.17, 15) is 14.3 Å². The number of benzene rings is 1. The highest BCUT2D eigenvalue weighted by molar-refractivity contribution is 5.92. The Bertz CT molecular complexity index is 837. The predicted molar refractivity (Wildman–Crippen MR) is 85.2 cm³/mol. The van der Waals surface area contributed by atoms with E-state index in [1.54, 1.807) is 0 Å². The van der Waals surface area contributed by atoms with Gasteiger partial charge in [-0.05, 0) is 44.1 Å². The number of nitrogens with zero attached hydrogens (tertiary/aromatic N) is 3. The first kappa shape index (κ1) is 15.1. The summed E-state index contributed by atoms with van der Waals surface area (Å²) in [4.78, 5) is 18.0. The van der Waals surface area contributed by atoms with Crippen LogP contribution in [0.25, 0.3) is 11.0 Å². The quantitative estimate of drug-likeness (QED) is 0.911. The van der Waals surface area contributed by atoms with Crippen molar-refractivity contribution in [3.05, 3.63) is 41.2 Å². The molecule has 0 unspecified atom stereocenters. The molecular weight excluding hydrogens is 313 g/mol. The van der Waals surface area contributed by atoms with Gasteiger partial charge in [-0.25, -0.2) is 14.2 Å². The lowest BCUT2D eigenvalue weighted by Crippen LogP contribution is -2.22. The lowest BCUT2D eigenvalue weighted by molar-refractivity contribution is 0.0696. The minimum atomic E-state index is -1.15. The number of likely N-dealkylation sites (tertiary alicyclic amines) is 1. The number of carbonyl (C=O) groups is 1. The number of hydrogen-bond acceptors (Lipinski definition) is 4. The van der Waals surface area contributed by atoms with Gasteiger partial charge in [0.2, 0.25) is 0 Å². The standard InChI is InChI=1S/C17H18FN3O3/c18-13-7-11(17(22)23)8-14-16(13)19-15(10-20-4-1-2-5-20)21(14)9-12-3-6-24-12/h3,7-8H,1-2,4-6,9-10H2,(H,22,23). The third kappa shape index (κ3) is 2.65. The second-order valence-corrected chi connectivity index (χ2v) is 6.21. The molecule has 0 atom stereocenters. The van der Waals surface area contributed by atoms with Gasteiger partial charge in [0.05, 0.1) is 24.2 Å². The normalized spacial score (nSPS) is 17.6. The number of rotatable bonds is 5. The Morgan fingerprint density at radius 2 is 2.04 bits per heavy atom. The first-order valence-corrected chi connectivity index (χ1v) is 8.08. The van der Waals surface area contributed by atoms with Crippen molar-refractivity contribution in [1.29, 1.82) is 0 Å². The van der Waals surface area contributed by atoms with Gasteiger partial charge < -0.3 is 14.4 Å². The van der Waals surface area contributed by atoms with Crippen LogP contribution in [0.2, 0.25) is 0 Å². The number of aromatic nitrogens is 2. The number of aromatic carboxylic acids is 1. The van der Waals surface area contributed by atoms with Gasteiger partial charge >= 0.3 is 5.97 Å². The highest BCUT2D eigenvalue weighted by Crippen LogP contribution is 2.25. The Morgan fingerprint density at radius 3 is 2.67 bits per heavy atom. The first-order valence-electron chi connectivity index (χ1n) is 8.08. The molecule has 6 nitrogen and oxygen atoms in total. The molecular formula is C17H18FN3O3. The van der Waals surface area contributed by atoms with E-state index in [0.29, 0.717) is 25.2 Å². The van der Waals surface area contributed by atoms with Gasteiger partial charge in [-0.15, -0.1) is 0 Å². The van der Waals surface area contributed by atoms with Crippen molar-refractivity contribution in [2.24, 2.45) is 0 Å². The third-order valence-electron chi connectivity index (χ3n) is 4.59. The molecule has 0 bridgehead atoms. The highest BCUT2D eigenvalue weighted by Gasteiger charge is 2.22. The number of ether oxygens (including phenoxy) is 1. The number of fused-ring (bicyclic) bond motifs is 1. The number of carboxylic acid groups (broad SMARTS) is 1. The van der Waals surface area contributed by atoms with E-state index >= 15 is 0 Å². The molecule has 126 valence electrons. The molecule has 24 heavy (non-hydrogen) atoms. The van der Waals surface area contributed by atoms with Crippen LogP contribution in [0.5, 0.6) is 0 Å². The van der Waals surface area contributed by atoms with Gasteiger partial charge in [-0.3, -0.25) is 4.90 Å². The summed E-state index contributed by atoms with van der Waals surface area (Å²) in [5.74, 6) is -0.207. The van der Waals surface area contributed by atoms with Gasteiger partial charge in [0, 0.05) is 0 Å². The fraction of sp³-hybridized carbons (Fsp3) is 0.412. The smallest absolute Gasteiger partial charge is 0.335 e. The van der Waals surface area contributed by atoms with Crippen molar-refractivity contribution in [2.45, 2.75) is 25.9 Å². The molecule has 2 aromatic rings. The molecule has 1 saturated heterocycles. The molecule has 4 rings (SSSR count). The Balaban J connectivity index is 1.81. The summed E-state index contributed by atoms with van der Waals surface area (Å²) in [7, 11) is 0. The fourth-order valence-corrected chi connectivity index (χ4v) is 3.26. The number of halogens is 1.